The molecule has 5 rings (SSSR count). The van der Waals surface area contributed by atoms with Crippen molar-refractivity contribution >= 4 is 11.8 Å². The number of piperazine rings is 2. The summed E-state index contributed by atoms with van der Waals surface area (Å²) in [5.74, 6) is -0.184. The molecule has 0 aliphatic carbocycles. The molecule has 1 aromatic heterocycles. The number of hydrogen-bond donors (Lipinski definition) is 1. The standard InChI is InChI=1S/C26H29N5O3/c1-29-14-21(24(28-29)20-10-6-3-7-11-20)15-30-12-13-31-23(16-30)25(32)27-22(26(31)33)18-34-17-19-8-4-2-5-9-19/h2-11,14,22-23H,12-13,15-18H2,1H3,(H,27,32)/t22-,23+/m0/s1. The Morgan fingerprint density at radius 2 is 1.76 bits per heavy atom. The summed E-state index contributed by atoms with van der Waals surface area (Å²) in [7, 11) is 1.92. The molecule has 0 bridgehead atoms. The van der Waals surface area contributed by atoms with Gasteiger partial charge in [-0.15, -0.1) is 0 Å². The average Bonchev–Trinajstić information content (AvgIpc) is 3.23. The quantitative estimate of drug-likeness (QED) is 0.583. The van der Waals surface area contributed by atoms with Gasteiger partial charge in [-0.1, -0.05) is 60.7 Å². The van der Waals surface area contributed by atoms with Crippen molar-refractivity contribution in [3.63, 3.8) is 0 Å². The van der Waals surface area contributed by atoms with Crippen LogP contribution in [0.2, 0.25) is 0 Å². The molecule has 2 aliphatic heterocycles. The van der Waals surface area contributed by atoms with Gasteiger partial charge in [0.15, 0.2) is 0 Å². The summed E-state index contributed by atoms with van der Waals surface area (Å²) < 4.78 is 7.56. The van der Waals surface area contributed by atoms with Gasteiger partial charge in [-0.2, -0.15) is 5.10 Å². The molecule has 2 amide bonds. The Bertz CT molecular complexity index is 1150. The largest absolute Gasteiger partial charge is 0.374 e. The number of aryl methyl sites for hydroxylation is 1. The maximum Gasteiger partial charge on any atom is 0.248 e. The molecule has 34 heavy (non-hydrogen) atoms. The van der Waals surface area contributed by atoms with Crippen molar-refractivity contribution in [1.29, 1.82) is 0 Å². The van der Waals surface area contributed by atoms with Gasteiger partial charge in [0.1, 0.15) is 12.1 Å². The summed E-state index contributed by atoms with van der Waals surface area (Å²) in [5, 5.41) is 7.53. The molecule has 2 aromatic carbocycles. The van der Waals surface area contributed by atoms with Gasteiger partial charge in [-0.25, -0.2) is 0 Å². The number of carbonyl (C=O) groups excluding carboxylic acids is 2. The number of hydrogen-bond acceptors (Lipinski definition) is 5. The third-order valence-electron chi connectivity index (χ3n) is 6.41. The number of ether oxygens (including phenoxy) is 1. The number of benzene rings is 2. The predicted octanol–water partition coefficient (Wildman–Crippen LogP) is 1.82. The highest BCUT2D eigenvalue weighted by molar-refractivity contribution is 5.97. The second-order valence-corrected chi connectivity index (χ2v) is 8.89. The van der Waals surface area contributed by atoms with Gasteiger partial charge in [0.2, 0.25) is 11.8 Å². The third-order valence-corrected chi connectivity index (χ3v) is 6.41. The highest BCUT2D eigenvalue weighted by atomic mass is 16.5. The van der Waals surface area contributed by atoms with Crippen LogP contribution in [0.4, 0.5) is 0 Å². The van der Waals surface area contributed by atoms with E-state index in [0.717, 1.165) is 22.4 Å². The van der Waals surface area contributed by atoms with E-state index in [4.69, 9.17) is 4.74 Å². The summed E-state index contributed by atoms with van der Waals surface area (Å²) in [5.41, 5.74) is 4.16. The van der Waals surface area contributed by atoms with E-state index in [2.05, 4.69) is 27.4 Å². The van der Waals surface area contributed by atoms with Crippen LogP contribution < -0.4 is 5.32 Å². The van der Waals surface area contributed by atoms with Crippen LogP contribution in [0, 0.1) is 0 Å². The maximum absolute atomic E-state index is 13.1. The maximum atomic E-state index is 13.1. The molecule has 2 saturated heterocycles. The van der Waals surface area contributed by atoms with Gasteiger partial charge in [0, 0.05) is 50.6 Å². The van der Waals surface area contributed by atoms with Crippen LogP contribution in [0.25, 0.3) is 11.3 Å². The molecule has 2 aliphatic rings. The van der Waals surface area contributed by atoms with Gasteiger partial charge in [-0.05, 0) is 5.56 Å². The zero-order valence-electron chi connectivity index (χ0n) is 19.3. The molecule has 0 spiro atoms. The molecule has 0 unspecified atom stereocenters. The second kappa shape index (κ2) is 9.79. The van der Waals surface area contributed by atoms with E-state index < -0.39 is 12.1 Å². The van der Waals surface area contributed by atoms with Crippen LogP contribution in [0.5, 0.6) is 0 Å². The topological polar surface area (TPSA) is 79.7 Å². The van der Waals surface area contributed by atoms with Gasteiger partial charge < -0.3 is 15.0 Å². The molecule has 1 N–H and O–H groups in total. The minimum Gasteiger partial charge on any atom is -0.374 e. The van der Waals surface area contributed by atoms with Gasteiger partial charge in [0.25, 0.3) is 0 Å². The fraction of sp³-hybridized carbons (Fsp3) is 0.346. The minimum absolute atomic E-state index is 0.0661. The van der Waals surface area contributed by atoms with E-state index in [9.17, 15) is 9.59 Å². The zero-order valence-corrected chi connectivity index (χ0v) is 19.3. The number of nitrogens with one attached hydrogen (secondary N) is 1. The Morgan fingerprint density at radius 1 is 1.03 bits per heavy atom. The lowest BCUT2D eigenvalue weighted by molar-refractivity contribution is -0.155. The molecular formula is C26H29N5O3. The van der Waals surface area contributed by atoms with E-state index in [1.807, 2.05) is 66.5 Å². The third kappa shape index (κ3) is 4.73. The summed E-state index contributed by atoms with van der Waals surface area (Å²) in [6, 6.07) is 18.8. The Labute approximate surface area is 199 Å². The van der Waals surface area contributed by atoms with Gasteiger partial charge in [-0.3, -0.25) is 19.2 Å². The van der Waals surface area contributed by atoms with Crippen LogP contribution >= 0.6 is 0 Å². The second-order valence-electron chi connectivity index (χ2n) is 8.89. The Kier molecular flexibility index (Phi) is 6.42. The number of nitrogens with zero attached hydrogens (tertiary/aromatic N) is 4. The van der Waals surface area contributed by atoms with Crippen LogP contribution in [0.3, 0.4) is 0 Å². The average molecular weight is 460 g/mol. The van der Waals surface area contributed by atoms with E-state index in [-0.39, 0.29) is 18.4 Å². The Hall–Kier alpha value is -3.49. The first kappa shape index (κ1) is 22.3. The number of rotatable bonds is 7. The number of aromatic nitrogens is 2. The molecule has 8 nitrogen and oxygen atoms in total. The molecular weight excluding hydrogens is 430 g/mol. The molecule has 0 saturated carbocycles. The highest BCUT2D eigenvalue weighted by Gasteiger charge is 2.43. The lowest BCUT2D eigenvalue weighted by Crippen LogP contribution is -2.69. The van der Waals surface area contributed by atoms with Crippen molar-refractivity contribution in [3.05, 3.63) is 78.0 Å². The minimum atomic E-state index is -0.637. The Morgan fingerprint density at radius 3 is 2.53 bits per heavy atom. The monoisotopic (exact) mass is 459 g/mol. The lowest BCUT2D eigenvalue weighted by atomic mass is 10.0. The zero-order chi connectivity index (χ0) is 23.5. The van der Waals surface area contributed by atoms with Crippen molar-refractivity contribution in [2.24, 2.45) is 7.05 Å². The number of carbonyl (C=O) groups is 2. The predicted molar refractivity (Wildman–Crippen MR) is 127 cm³/mol. The molecule has 3 aromatic rings. The smallest absolute Gasteiger partial charge is 0.248 e. The van der Waals surface area contributed by atoms with Crippen molar-refractivity contribution in [3.8, 4) is 11.3 Å². The highest BCUT2D eigenvalue weighted by Crippen LogP contribution is 2.25. The molecule has 0 radical (unpaired) electrons. The van der Waals surface area contributed by atoms with Crippen LogP contribution in [-0.4, -0.2) is 69.7 Å². The van der Waals surface area contributed by atoms with Crippen LogP contribution in [0.1, 0.15) is 11.1 Å². The van der Waals surface area contributed by atoms with Crippen LogP contribution in [0.15, 0.2) is 66.9 Å². The van der Waals surface area contributed by atoms with Crippen LogP contribution in [-0.2, 0) is 34.5 Å². The van der Waals surface area contributed by atoms with Crippen molar-refractivity contribution in [2.45, 2.75) is 25.2 Å². The van der Waals surface area contributed by atoms with Gasteiger partial charge in [0.05, 0.1) is 18.9 Å². The molecule has 2 atom stereocenters. The number of fused-ring (bicyclic) bond motifs is 1. The van der Waals surface area contributed by atoms with E-state index in [0.29, 0.717) is 32.8 Å². The number of amides is 2. The summed E-state index contributed by atoms with van der Waals surface area (Å²) in [6.45, 7) is 2.98. The first-order valence-electron chi connectivity index (χ1n) is 11.6. The first-order valence-corrected chi connectivity index (χ1v) is 11.6. The van der Waals surface area contributed by atoms with Crippen molar-refractivity contribution < 1.29 is 14.3 Å². The summed E-state index contributed by atoms with van der Waals surface area (Å²) in [4.78, 5) is 29.9. The Balaban J connectivity index is 1.21. The fourth-order valence-electron chi connectivity index (χ4n) is 4.72. The summed E-state index contributed by atoms with van der Waals surface area (Å²) >= 11 is 0. The molecule has 3 heterocycles. The SMILES string of the molecule is Cn1cc(CN2CCN3C(=O)[C@H](COCc4ccccc4)NC(=O)[C@H]3C2)c(-c2ccccc2)n1. The normalized spacial score (nSPS) is 20.8. The first-order chi connectivity index (χ1) is 16.6. The fourth-order valence-corrected chi connectivity index (χ4v) is 4.72. The summed E-state index contributed by atoms with van der Waals surface area (Å²) in [6.07, 6.45) is 2.03. The van der Waals surface area contributed by atoms with E-state index >= 15 is 0 Å². The lowest BCUT2D eigenvalue weighted by Gasteiger charge is -2.45. The van der Waals surface area contributed by atoms with Crippen molar-refractivity contribution in [2.75, 3.05) is 26.2 Å². The molecule has 176 valence electrons. The molecule has 2 fully saturated rings. The van der Waals surface area contributed by atoms with Crippen molar-refractivity contribution in [1.82, 2.24) is 24.9 Å². The molecule has 8 heteroatoms. The van der Waals surface area contributed by atoms with Gasteiger partial charge >= 0.3 is 0 Å². The van der Waals surface area contributed by atoms with E-state index in [1.54, 1.807) is 4.90 Å². The van der Waals surface area contributed by atoms with E-state index in [1.165, 1.54) is 0 Å².